The zero-order chi connectivity index (χ0) is 13.4. The molecule has 98 valence electrons. The Hall–Kier alpha value is -1.20. The molecule has 0 spiro atoms. The van der Waals surface area contributed by atoms with Gasteiger partial charge in [0.25, 0.3) is 0 Å². The highest BCUT2D eigenvalue weighted by Crippen LogP contribution is 2.05. The van der Waals surface area contributed by atoms with Gasteiger partial charge in [-0.15, -0.1) is 0 Å². The van der Waals surface area contributed by atoms with Crippen LogP contribution in [0.4, 0.5) is 5.69 Å². The molecule has 1 saturated heterocycles. The molecule has 0 unspecified atom stereocenters. The van der Waals surface area contributed by atoms with E-state index in [9.17, 15) is 0 Å². The molecule has 0 radical (unpaired) electrons. The number of hydrogen-bond acceptors (Lipinski definition) is 2. The number of nitrogens with zero attached hydrogens (tertiary/aromatic N) is 1. The first-order valence-corrected chi connectivity index (χ1v) is 6.71. The van der Waals surface area contributed by atoms with Crippen molar-refractivity contribution < 1.29 is 0 Å². The fraction of sp³-hybridized carbons (Fsp3) is 0.385. The molecule has 1 aromatic rings. The topological polar surface area (TPSA) is 27.3 Å². The average Bonchev–Trinajstić information content (AvgIpc) is 2.82. The van der Waals surface area contributed by atoms with Crippen LogP contribution in [0, 0.1) is 0 Å². The third-order valence-electron chi connectivity index (χ3n) is 2.33. The maximum atomic E-state index is 5.07. The lowest BCUT2D eigenvalue weighted by atomic mass is 10.3. The Morgan fingerprint density at radius 1 is 1.28 bits per heavy atom. The Kier molecular flexibility index (Phi) is 6.60. The lowest BCUT2D eigenvalue weighted by molar-refractivity contribution is 0.634. The van der Waals surface area contributed by atoms with E-state index in [1.807, 2.05) is 49.3 Å². The van der Waals surface area contributed by atoms with Crippen molar-refractivity contribution in [1.82, 2.24) is 10.2 Å². The molecule has 0 aliphatic carbocycles. The maximum Gasteiger partial charge on any atom is 0.172 e. The second kappa shape index (κ2) is 8.00. The largest absolute Gasteiger partial charge is 0.380 e. The molecule has 2 N–H and O–H groups in total. The second-order valence-corrected chi connectivity index (χ2v) is 5.02. The van der Waals surface area contributed by atoms with Crippen LogP contribution in [0.15, 0.2) is 30.3 Å². The molecule has 0 atom stereocenters. The van der Waals surface area contributed by atoms with Crippen LogP contribution >= 0.6 is 24.4 Å². The summed E-state index contributed by atoms with van der Waals surface area (Å²) in [6.07, 6.45) is 2.34. The number of para-hydroxylation sites is 1. The summed E-state index contributed by atoms with van der Waals surface area (Å²) in [7, 11) is 3.83. The average molecular weight is 281 g/mol. The van der Waals surface area contributed by atoms with Crippen molar-refractivity contribution in [3.05, 3.63) is 30.3 Å². The first-order valence-electron chi connectivity index (χ1n) is 5.89. The highest BCUT2D eigenvalue weighted by molar-refractivity contribution is 7.80. The molecule has 0 saturated carbocycles. The van der Waals surface area contributed by atoms with Gasteiger partial charge in [-0.2, -0.15) is 0 Å². The van der Waals surface area contributed by atoms with Crippen LogP contribution in [0.3, 0.4) is 0 Å². The molecule has 1 heterocycles. The molecule has 3 nitrogen and oxygen atoms in total. The summed E-state index contributed by atoms with van der Waals surface area (Å²) in [4.78, 5) is 2.90. The van der Waals surface area contributed by atoms with Gasteiger partial charge in [0.05, 0.1) is 4.99 Å². The zero-order valence-corrected chi connectivity index (χ0v) is 12.4. The lowest BCUT2D eigenvalue weighted by Crippen LogP contribution is -2.26. The molecule has 1 fully saturated rings. The zero-order valence-electron chi connectivity index (χ0n) is 10.8. The van der Waals surface area contributed by atoms with E-state index >= 15 is 0 Å². The summed E-state index contributed by atoms with van der Waals surface area (Å²) in [6.45, 7) is 1.10. The van der Waals surface area contributed by atoms with E-state index in [-0.39, 0.29) is 0 Å². The Balaban J connectivity index is 0.000000225. The van der Waals surface area contributed by atoms with E-state index in [1.165, 1.54) is 6.42 Å². The van der Waals surface area contributed by atoms with Gasteiger partial charge in [0.15, 0.2) is 5.11 Å². The van der Waals surface area contributed by atoms with Crippen LogP contribution in [0.25, 0.3) is 0 Å². The Morgan fingerprint density at radius 3 is 2.33 bits per heavy atom. The van der Waals surface area contributed by atoms with Crippen LogP contribution in [0.2, 0.25) is 0 Å². The standard InChI is InChI=1S/C9H12N2S.C4H7NS/c1-11(2)9(12)10-8-6-4-3-5-7-8;6-4-2-1-3-5-4/h3-7H,1-2H3,(H,10,12);1-3H2,(H,5,6). The minimum Gasteiger partial charge on any atom is -0.380 e. The minimum atomic E-state index is 0.723. The van der Waals surface area contributed by atoms with Crippen molar-refractivity contribution in [2.45, 2.75) is 12.8 Å². The van der Waals surface area contributed by atoms with Gasteiger partial charge < -0.3 is 15.5 Å². The van der Waals surface area contributed by atoms with E-state index in [2.05, 4.69) is 10.6 Å². The molecule has 1 aromatic carbocycles. The molecule has 0 aromatic heterocycles. The summed E-state index contributed by atoms with van der Waals surface area (Å²) < 4.78 is 0. The summed E-state index contributed by atoms with van der Waals surface area (Å²) >= 11 is 9.88. The van der Waals surface area contributed by atoms with Crippen molar-refractivity contribution >= 4 is 40.2 Å². The quantitative estimate of drug-likeness (QED) is 0.772. The lowest BCUT2D eigenvalue weighted by Gasteiger charge is -2.14. The number of thiocarbonyl (C=S) groups is 2. The molecule has 5 heteroatoms. The van der Waals surface area contributed by atoms with Gasteiger partial charge in [0.1, 0.15) is 0 Å². The van der Waals surface area contributed by atoms with E-state index in [0.717, 1.165) is 28.8 Å². The SMILES string of the molecule is CN(C)C(=S)Nc1ccccc1.S=C1CCCN1. The van der Waals surface area contributed by atoms with Gasteiger partial charge in [0.2, 0.25) is 0 Å². The van der Waals surface area contributed by atoms with Crippen molar-refractivity contribution in [2.24, 2.45) is 0 Å². The van der Waals surface area contributed by atoms with Crippen LogP contribution in [-0.2, 0) is 0 Å². The number of nitrogens with one attached hydrogen (secondary N) is 2. The molecular formula is C13H19N3S2. The van der Waals surface area contributed by atoms with Crippen LogP contribution in [0.5, 0.6) is 0 Å². The number of rotatable bonds is 1. The van der Waals surface area contributed by atoms with Crippen LogP contribution in [0.1, 0.15) is 12.8 Å². The van der Waals surface area contributed by atoms with Gasteiger partial charge in [-0.3, -0.25) is 0 Å². The summed E-state index contributed by atoms with van der Waals surface area (Å²) in [5.41, 5.74) is 1.02. The van der Waals surface area contributed by atoms with Gasteiger partial charge in [-0.25, -0.2) is 0 Å². The first-order chi connectivity index (χ1) is 8.59. The number of anilines is 1. The van der Waals surface area contributed by atoms with Crippen molar-refractivity contribution in [1.29, 1.82) is 0 Å². The van der Waals surface area contributed by atoms with E-state index in [4.69, 9.17) is 24.4 Å². The van der Waals surface area contributed by atoms with Gasteiger partial charge in [0, 0.05) is 26.3 Å². The highest BCUT2D eigenvalue weighted by atomic mass is 32.1. The van der Waals surface area contributed by atoms with Crippen LogP contribution < -0.4 is 10.6 Å². The molecule has 0 amide bonds. The predicted octanol–water partition coefficient (Wildman–Crippen LogP) is 2.64. The van der Waals surface area contributed by atoms with E-state index in [1.54, 1.807) is 0 Å². The molecular weight excluding hydrogens is 262 g/mol. The smallest absolute Gasteiger partial charge is 0.172 e. The maximum absolute atomic E-state index is 5.07. The molecule has 18 heavy (non-hydrogen) atoms. The molecule has 1 aliphatic heterocycles. The fourth-order valence-corrected chi connectivity index (χ4v) is 1.69. The van der Waals surface area contributed by atoms with Gasteiger partial charge in [-0.1, -0.05) is 30.4 Å². The van der Waals surface area contributed by atoms with Gasteiger partial charge >= 0.3 is 0 Å². The molecule has 2 rings (SSSR count). The van der Waals surface area contributed by atoms with Crippen LogP contribution in [-0.4, -0.2) is 35.6 Å². The van der Waals surface area contributed by atoms with Gasteiger partial charge in [-0.05, 0) is 37.2 Å². The second-order valence-electron chi connectivity index (χ2n) is 4.14. The molecule has 1 aliphatic rings. The summed E-state index contributed by atoms with van der Waals surface area (Å²) in [5, 5.41) is 6.87. The van der Waals surface area contributed by atoms with Crippen molar-refractivity contribution in [3.63, 3.8) is 0 Å². The normalized spacial score (nSPS) is 13.1. The Labute approximate surface area is 120 Å². The number of benzene rings is 1. The van der Waals surface area contributed by atoms with Crippen molar-refractivity contribution in [2.75, 3.05) is 26.0 Å². The van der Waals surface area contributed by atoms with Crippen molar-refractivity contribution in [3.8, 4) is 0 Å². The monoisotopic (exact) mass is 281 g/mol. The minimum absolute atomic E-state index is 0.723. The highest BCUT2D eigenvalue weighted by Gasteiger charge is 2.01. The number of hydrogen-bond donors (Lipinski definition) is 2. The summed E-state index contributed by atoms with van der Waals surface area (Å²) in [6, 6.07) is 9.89. The Morgan fingerprint density at radius 2 is 1.94 bits per heavy atom. The fourth-order valence-electron chi connectivity index (χ4n) is 1.32. The summed E-state index contributed by atoms with van der Waals surface area (Å²) in [5.74, 6) is 0. The third-order valence-corrected chi connectivity index (χ3v) is 3.15. The first kappa shape index (κ1) is 14.9. The Bertz CT molecular complexity index is 382. The van der Waals surface area contributed by atoms with E-state index in [0.29, 0.717) is 0 Å². The third kappa shape index (κ3) is 5.93. The van der Waals surface area contributed by atoms with E-state index < -0.39 is 0 Å². The predicted molar refractivity (Wildman–Crippen MR) is 86.2 cm³/mol. The molecule has 0 bridgehead atoms.